The van der Waals surface area contributed by atoms with E-state index < -0.39 is 0 Å². The predicted molar refractivity (Wildman–Crippen MR) is 131 cm³/mol. The van der Waals surface area contributed by atoms with Crippen LogP contribution in [0.4, 0.5) is 0 Å². The summed E-state index contributed by atoms with van der Waals surface area (Å²) in [6.45, 7) is 4.93. The Labute approximate surface area is 199 Å². The number of aromatic amines is 1. The summed E-state index contributed by atoms with van der Waals surface area (Å²) in [6, 6.07) is 12.3. The van der Waals surface area contributed by atoms with E-state index in [-0.39, 0.29) is 5.69 Å². The molecule has 2 unspecified atom stereocenters. The van der Waals surface area contributed by atoms with E-state index in [1.54, 1.807) is 0 Å². The normalized spacial score (nSPS) is 17.9. The number of unbranched alkanes of at least 4 members (excludes halogenated alkanes) is 1. The van der Waals surface area contributed by atoms with Crippen molar-refractivity contribution in [3.63, 3.8) is 0 Å². The number of aromatic nitrogens is 7. The summed E-state index contributed by atoms with van der Waals surface area (Å²) in [4.78, 5) is 18.2. The highest BCUT2D eigenvalue weighted by Gasteiger charge is 2.27. The molecule has 0 radical (unpaired) electrons. The highest BCUT2D eigenvalue weighted by molar-refractivity contribution is 5.79. The molecule has 3 heterocycles. The molecule has 0 amide bonds. The van der Waals surface area contributed by atoms with Gasteiger partial charge in [-0.1, -0.05) is 57.0 Å². The lowest BCUT2D eigenvalue weighted by Gasteiger charge is -2.15. The Balaban J connectivity index is 1.44. The fourth-order valence-corrected chi connectivity index (χ4v) is 5.10. The molecule has 1 saturated carbocycles. The first-order valence-electron chi connectivity index (χ1n) is 12.2. The van der Waals surface area contributed by atoms with Gasteiger partial charge in [-0.15, -0.1) is 10.2 Å². The molecule has 0 saturated heterocycles. The summed E-state index contributed by atoms with van der Waals surface area (Å²) in [7, 11) is 0. The highest BCUT2D eigenvalue weighted by atomic mass is 16.1. The zero-order valence-corrected chi connectivity index (χ0v) is 19.8. The third-order valence-electron chi connectivity index (χ3n) is 7.02. The predicted octanol–water partition coefficient (Wildman–Crippen LogP) is 4.64. The molecule has 3 aromatic heterocycles. The van der Waals surface area contributed by atoms with Gasteiger partial charge in [-0.3, -0.25) is 14.1 Å². The molecular formula is C26H31N7O. The van der Waals surface area contributed by atoms with Gasteiger partial charge in [-0.25, -0.2) is 4.79 Å². The van der Waals surface area contributed by atoms with Gasteiger partial charge >= 0.3 is 5.69 Å². The Morgan fingerprint density at radius 3 is 2.65 bits per heavy atom. The lowest BCUT2D eigenvalue weighted by atomic mass is 10.0. The van der Waals surface area contributed by atoms with E-state index in [0.717, 1.165) is 53.8 Å². The number of rotatable bonds is 8. The van der Waals surface area contributed by atoms with Crippen LogP contribution in [-0.2, 0) is 13.0 Å². The van der Waals surface area contributed by atoms with Gasteiger partial charge in [-0.05, 0) is 48.4 Å². The second kappa shape index (κ2) is 9.75. The fraction of sp³-hybridized carbons (Fsp3) is 0.423. The first kappa shape index (κ1) is 22.3. The Bertz CT molecular complexity index is 1290. The van der Waals surface area contributed by atoms with Crippen molar-refractivity contribution in [2.24, 2.45) is 5.92 Å². The van der Waals surface area contributed by atoms with Crippen LogP contribution in [0.3, 0.4) is 0 Å². The van der Waals surface area contributed by atoms with Crippen LogP contribution in [0.5, 0.6) is 0 Å². The van der Waals surface area contributed by atoms with Crippen LogP contribution in [0.25, 0.3) is 22.5 Å². The minimum absolute atomic E-state index is 0.0955. The summed E-state index contributed by atoms with van der Waals surface area (Å²) < 4.78 is 3.92. The summed E-state index contributed by atoms with van der Waals surface area (Å²) in [5.74, 6) is 1.10. The number of nitrogens with zero attached hydrogens (tertiary/aromatic N) is 6. The number of benzene rings is 1. The maximum atomic E-state index is 13.4. The van der Waals surface area contributed by atoms with E-state index in [9.17, 15) is 4.79 Å². The molecule has 1 aliphatic carbocycles. The first-order valence-corrected chi connectivity index (χ1v) is 12.2. The molecule has 2 atom stereocenters. The van der Waals surface area contributed by atoms with Crippen LogP contribution in [-0.4, -0.2) is 34.7 Å². The molecule has 0 spiro atoms. The van der Waals surface area contributed by atoms with Gasteiger partial charge in [0.15, 0.2) is 0 Å². The Kier molecular flexibility index (Phi) is 6.38. The van der Waals surface area contributed by atoms with Crippen molar-refractivity contribution in [1.82, 2.24) is 34.7 Å². The van der Waals surface area contributed by atoms with Gasteiger partial charge in [-0.2, -0.15) is 5.21 Å². The SMILES string of the molecule is CCCCc1cn(C2CCCC2C)c(=O)n1Cc1ccc(-c2ccccc2-c2nn[nH]n2)cn1. The minimum atomic E-state index is 0.0955. The van der Waals surface area contributed by atoms with Crippen LogP contribution in [0.15, 0.2) is 53.6 Å². The van der Waals surface area contributed by atoms with E-state index >= 15 is 0 Å². The molecular weight excluding hydrogens is 426 g/mol. The van der Waals surface area contributed by atoms with Crippen molar-refractivity contribution in [3.05, 3.63) is 70.7 Å². The number of hydrogen-bond donors (Lipinski definition) is 1. The van der Waals surface area contributed by atoms with Crippen molar-refractivity contribution in [3.8, 4) is 22.5 Å². The highest BCUT2D eigenvalue weighted by Crippen LogP contribution is 2.34. The number of H-pyrrole nitrogens is 1. The van der Waals surface area contributed by atoms with Gasteiger partial charge < -0.3 is 0 Å². The van der Waals surface area contributed by atoms with E-state index in [4.69, 9.17) is 4.98 Å². The molecule has 8 nitrogen and oxygen atoms in total. The maximum absolute atomic E-state index is 13.4. The van der Waals surface area contributed by atoms with Gasteiger partial charge in [0.2, 0.25) is 5.82 Å². The summed E-state index contributed by atoms with van der Waals surface area (Å²) in [6.07, 6.45) is 10.5. The monoisotopic (exact) mass is 457 g/mol. The molecule has 176 valence electrons. The van der Waals surface area contributed by atoms with Gasteiger partial charge in [0, 0.05) is 35.3 Å². The average molecular weight is 458 g/mol. The average Bonchev–Trinajstić information content (AvgIpc) is 3.61. The van der Waals surface area contributed by atoms with Crippen molar-refractivity contribution in [1.29, 1.82) is 0 Å². The van der Waals surface area contributed by atoms with E-state index in [1.807, 2.05) is 51.7 Å². The van der Waals surface area contributed by atoms with Crippen LogP contribution in [0.1, 0.15) is 63.4 Å². The number of pyridine rings is 1. The standard InChI is InChI=1S/C26H31N7O/c1-3-4-9-21-17-33(24-12-7-8-18(24)2)26(34)32(21)16-20-14-13-19(15-27-20)22-10-5-6-11-23(22)25-28-30-31-29-25/h5-6,10-11,13-15,17-18,24H,3-4,7-9,12,16H2,1-2H3,(H,28,29,30,31). The Morgan fingerprint density at radius 2 is 1.97 bits per heavy atom. The number of nitrogens with one attached hydrogen (secondary N) is 1. The molecule has 0 aliphatic heterocycles. The molecule has 5 rings (SSSR count). The van der Waals surface area contributed by atoms with E-state index in [0.29, 0.717) is 24.3 Å². The molecule has 1 N–H and O–H groups in total. The third-order valence-corrected chi connectivity index (χ3v) is 7.02. The molecule has 0 bridgehead atoms. The molecule has 1 aromatic carbocycles. The van der Waals surface area contributed by atoms with E-state index in [2.05, 4.69) is 40.7 Å². The number of tetrazole rings is 1. The summed E-state index contributed by atoms with van der Waals surface area (Å²) in [5.41, 5.74) is 4.94. The molecule has 34 heavy (non-hydrogen) atoms. The number of hydrogen-bond acceptors (Lipinski definition) is 5. The maximum Gasteiger partial charge on any atom is 0.328 e. The Hall–Kier alpha value is -3.55. The first-order chi connectivity index (χ1) is 16.7. The van der Waals surface area contributed by atoms with E-state index in [1.165, 1.54) is 12.8 Å². The van der Waals surface area contributed by atoms with Crippen LogP contribution < -0.4 is 5.69 Å². The van der Waals surface area contributed by atoms with Crippen molar-refractivity contribution >= 4 is 0 Å². The zero-order valence-electron chi connectivity index (χ0n) is 19.8. The van der Waals surface area contributed by atoms with Gasteiger partial charge in [0.25, 0.3) is 0 Å². The lowest BCUT2D eigenvalue weighted by Crippen LogP contribution is -2.29. The number of aryl methyl sites for hydroxylation is 1. The molecule has 4 aromatic rings. The van der Waals surface area contributed by atoms with Crippen LogP contribution in [0.2, 0.25) is 0 Å². The van der Waals surface area contributed by atoms with Crippen molar-refractivity contribution in [2.45, 2.75) is 65.0 Å². The van der Waals surface area contributed by atoms with Crippen molar-refractivity contribution in [2.75, 3.05) is 0 Å². The smallest absolute Gasteiger partial charge is 0.296 e. The molecule has 1 aliphatic rings. The van der Waals surface area contributed by atoms with Gasteiger partial charge in [0.05, 0.1) is 12.2 Å². The third kappa shape index (κ3) is 4.32. The largest absolute Gasteiger partial charge is 0.328 e. The summed E-state index contributed by atoms with van der Waals surface area (Å²) >= 11 is 0. The topological polar surface area (TPSA) is 94.3 Å². The Morgan fingerprint density at radius 1 is 1.12 bits per heavy atom. The van der Waals surface area contributed by atoms with Gasteiger partial charge in [0.1, 0.15) is 0 Å². The molecule has 8 heteroatoms. The lowest BCUT2D eigenvalue weighted by molar-refractivity contribution is 0.394. The van der Waals surface area contributed by atoms with Crippen LogP contribution in [0, 0.1) is 5.92 Å². The zero-order chi connectivity index (χ0) is 23.5. The fourth-order valence-electron chi connectivity index (χ4n) is 5.10. The van der Waals surface area contributed by atoms with Crippen molar-refractivity contribution < 1.29 is 0 Å². The quantitative estimate of drug-likeness (QED) is 0.416. The summed E-state index contributed by atoms with van der Waals surface area (Å²) in [5, 5.41) is 14.4. The second-order valence-corrected chi connectivity index (χ2v) is 9.29. The van der Waals surface area contributed by atoms with Crippen LogP contribution >= 0.6 is 0 Å². The number of imidazole rings is 1. The minimum Gasteiger partial charge on any atom is -0.296 e. The molecule has 1 fully saturated rings. The second-order valence-electron chi connectivity index (χ2n) is 9.29.